The molecule has 0 radical (unpaired) electrons. The number of nitrogens with one attached hydrogen (secondary N) is 2. The Morgan fingerprint density at radius 3 is 2.68 bits per heavy atom. The van der Waals surface area contributed by atoms with E-state index in [9.17, 15) is 0 Å². The van der Waals surface area contributed by atoms with Crippen LogP contribution in [0.2, 0.25) is 0 Å². The number of nitrogens with zero attached hydrogens (tertiary/aromatic N) is 3. The Morgan fingerprint density at radius 2 is 1.88 bits per heavy atom. The molecule has 1 unspecified atom stereocenters. The zero-order chi connectivity index (χ0) is 23.3. The topological polar surface area (TPSA) is 80.8 Å². The van der Waals surface area contributed by atoms with Crippen molar-refractivity contribution >= 4 is 17.5 Å². The van der Waals surface area contributed by atoms with Crippen molar-refractivity contribution in [2.24, 2.45) is 11.8 Å². The summed E-state index contributed by atoms with van der Waals surface area (Å²) >= 11 is 0. The lowest BCUT2D eigenvalue weighted by molar-refractivity contribution is 0.0699. The smallest absolute Gasteiger partial charge is 0.229 e. The third kappa shape index (κ3) is 6.10. The molecular formula is C26H37N5O3. The van der Waals surface area contributed by atoms with Crippen LogP contribution >= 0.6 is 0 Å². The standard InChI is InChI=1S/C26H37N5O3/c1-18-13-25(27-15-19-8-11-33-12-9-19)30-26(28-18)29-21-3-6-23(32-2)24(14-21)34-17-20-7-10-31(16-20)22-4-5-22/h3,6,13-14,19-20,22H,4-5,7-12,15-17H2,1-2H3,(H2,27,28,29,30). The van der Waals surface area contributed by atoms with Crippen molar-refractivity contribution in [1.29, 1.82) is 0 Å². The van der Waals surface area contributed by atoms with E-state index in [4.69, 9.17) is 14.2 Å². The van der Waals surface area contributed by atoms with Crippen molar-refractivity contribution in [2.75, 3.05) is 57.2 Å². The third-order valence-electron chi connectivity index (χ3n) is 7.04. The van der Waals surface area contributed by atoms with E-state index in [2.05, 4.69) is 25.5 Å². The van der Waals surface area contributed by atoms with Gasteiger partial charge in [-0.3, -0.25) is 4.90 Å². The first kappa shape index (κ1) is 23.2. The van der Waals surface area contributed by atoms with Crippen LogP contribution in [-0.4, -0.2) is 67.5 Å². The van der Waals surface area contributed by atoms with Crippen molar-refractivity contribution in [3.8, 4) is 11.5 Å². The normalized spacial score (nSPS) is 21.4. The van der Waals surface area contributed by atoms with Crippen molar-refractivity contribution in [2.45, 2.75) is 45.1 Å². The van der Waals surface area contributed by atoms with Crippen molar-refractivity contribution in [1.82, 2.24) is 14.9 Å². The third-order valence-corrected chi connectivity index (χ3v) is 7.04. The Morgan fingerprint density at radius 1 is 1.03 bits per heavy atom. The maximum Gasteiger partial charge on any atom is 0.229 e. The molecule has 1 aromatic carbocycles. The SMILES string of the molecule is COc1ccc(Nc2nc(C)cc(NCC3CCOCC3)n2)cc1OCC1CCN(C2CC2)C1. The molecule has 2 aromatic rings. The van der Waals surface area contributed by atoms with Gasteiger partial charge in [-0.2, -0.15) is 4.98 Å². The summed E-state index contributed by atoms with van der Waals surface area (Å²) in [4.78, 5) is 11.9. The van der Waals surface area contributed by atoms with E-state index >= 15 is 0 Å². The highest BCUT2D eigenvalue weighted by atomic mass is 16.5. The van der Waals surface area contributed by atoms with Gasteiger partial charge in [0.05, 0.1) is 13.7 Å². The largest absolute Gasteiger partial charge is 0.493 e. The number of benzene rings is 1. The molecule has 1 saturated carbocycles. The number of methoxy groups -OCH3 is 1. The number of aryl methyl sites for hydroxylation is 1. The molecule has 3 heterocycles. The van der Waals surface area contributed by atoms with Crippen molar-refractivity contribution < 1.29 is 14.2 Å². The van der Waals surface area contributed by atoms with Crippen LogP contribution in [0.1, 0.15) is 37.8 Å². The van der Waals surface area contributed by atoms with Crippen LogP contribution in [0.15, 0.2) is 24.3 Å². The Balaban J connectivity index is 1.20. The monoisotopic (exact) mass is 467 g/mol. The maximum atomic E-state index is 6.24. The Labute approximate surface area is 202 Å². The van der Waals surface area contributed by atoms with E-state index in [-0.39, 0.29) is 0 Å². The van der Waals surface area contributed by atoms with E-state index in [0.717, 1.165) is 73.9 Å². The van der Waals surface area contributed by atoms with Gasteiger partial charge in [0, 0.05) is 61.8 Å². The van der Waals surface area contributed by atoms with E-state index in [1.807, 2.05) is 31.2 Å². The van der Waals surface area contributed by atoms with Gasteiger partial charge in [-0.1, -0.05) is 0 Å². The van der Waals surface area contributed by atoms with Gasteiger partial charge in [0.2, 0.25) is 5.95 Å². The Bertz CT molecular complexity index is 961. The first-order valence-electron chi connectivity index (χ1n) is 12.7. The number of hydrogen-bond acceptors (Lipinski definition) is 8. The van der Waals surface area contributed by atoms with Crippen LogP contribution in [0.4, 0.5) is 17.5 Å². The fraction of sp³-hybridized carbons (Fsp3) is 0.615. The lowest BCUT2D eigenvalue weighted by atomic mass is 10.0. The molecule has 8 heteroatoms. The van der Waals surface area contributed by atoms with Crippen LogP contribution in [0.25, 0.3) is 0 Å². The molecule has 0 bridgehead atoms. The second-order valence-corrected chi connectivity index (χ2v) is 9.84. The van der Waals surface area contributed by atoms with E-state index in [1.165, 1.54) is 25.8 Å². The fourth-order valence-electron chi connectivity index (χ4n) is 4.89. The molecule has 8 nitrogen and oxygen atoms in total. The zero-order valence-electron chi connectivity index (χ0n) is 20.4. The molecule has 2 N–H and O–H groups in total. The second kappa shape index (κ2) is 10.8. The van der Waals surface area contributed by atoms with Crippen LogP contribution < -0.4 is 20.1 Å². The summed E-state index contributed by atoms with van der Waals surface area (Å²) in [5, 5.41) is 6.83. The molecule has 5 rings (SSSR count). The zero-order valence-corrected chi connectivity index (χ0v) is 20.4. The summed E-state index contributed by atoms with van der Waals surface area (Å²) in [6.45, 7) is 7.65. The quantitative estimate of drug-likeness (QED) is 0.537. The van der Waals surface area contributed by atoms with E-state index < -0.39 is 0 Å². The summed E-state index contributed by atoms with van der Waals surface area (Å²) in [6.07, 6.45) is 6.12. The number of likely N-dealkylation sites (tertiary alicyclic amines) is 1. The van der Waals surface area contributed by atoms with Crippen molar-refractivity contribution in [3.63, 3.8) is 0 Å². The minimum Gasteiger partial charge on any atom is -0.493 e. The number of aromatic nitrogens is 2. The average molecular weight is 468 g/mol. The molecule has 2 aliphatic heterocycles. The maximum absolute atomic E-state index is 6.24. The lowest BCUT2D eigenvalue weighted by Gasteiger charge is -2.22. The molecule has 184 valence electrons. The highest BCUT2D eigenvalue weighted by Gasteiger charge is 2.34. The first-order valence-corrected chi connectivity index (χ1v) is 12.7. The van der Waals surface area contributed by atoms with Gasteiger partial charge in [0.15, 0.2) is 11.5 Å². The second-order valence-electron chi connectivity index (χ2n) is 9.84. The van der Waals surface area contributed by atoms with Gasteiger partial charge < -0.3 is 24.8 Å². The van der Waals surface area contributed by atoms with Crippen molar-refractivity contribution in [3.05, 3.63) is 30.0 Å². The van der Waals surface area contributed by atoms with Gasteiger partial charge in [-0.05, 0) is 63.6 Å². The predicted molar refractivity (Wildman–Crippen MR) is 133 cm³/mol. The summed E-state index contributed by atoms with van der Waals surface area (Å²) in [5.41, 5.74) is 1.79. The summed E-state index contributed by atoms with van der Waals surface area (Å²) in [6, 6.07) is 8.70. The molecule has 1 aliphatic carbocycles. The van der Waals surface area contributed by atoms with Gasteiger partial charge in [0.25, 0.3) is 0 Å². The highest BCUT2D eigenvalue weighted by molar-refractivity contribution is 5.60. The van der Waals surface area contributed by atoms with Gasteiger partial charge in [-0.15, -0.1) is 0 Å². The molecule has 0 amide bonds. The van der Waals surface area contributed by atoms with E-state index in [1.54, 1.807) is 7.11 Å². The number of rotatable bonds is 10. The van der Waals surface area contributed by atoms with Gasteiger partial charge in [-0.25, -0.2) is 4.98 Å². The van der Waals surface area contributed by atoms with Crippen LogP contribution in [0.5, 0.6) is 11.5 Å². The fourth-order valence-corrected chi connectivity index (χ4v) is 4.89. The van der Waals surface area contributed by atoms with Gasteiger partial charge in [0.1, 0.15) is 5.82 Å². The molecule has 2 saturated heterocycles. The predicted octanol–water partition coefficient (Wildman–Crippen LogP) is 4.24. The summed E-state index contributed by atoms with van der Waals surface area (Å²) in [5.74, 6) is 4.10. The highest BCUT2D eigenvalue weighted by Crippen LogP contribution is 2.34. The lowest BCUT2D eigenvalue weighted by Crippen LogP contribution is -2.24. The number of hydrogen-bond donors (Lipinski definition) is 2. The Hall–Kier alpha value is -2.58. The minimum atomic E-state index is 0.571. The minimum absolute atomic E-state index is 0.571. The van der Waals surface area contributed by atoms with Crippen LogP contribution in [0, 0.1) is 18.8 Å². The Kier molecular flexibility index (Phi) is 7.35. The molecule has 3 aliphatic rings. The number of ether oxygens (including phenoxy) is 3. The molecule has 34 heavy (non-hydrogen) atoms. The molecule has 0 spiro atoms. The molecular weight excluding hydrogens is 430 g/mol. The first-order chi connectivity index (χ1) is 16.7. The summed E-state index contributed by atoms with van der Waals surface area (Å²) in [7, 11) is 1.68. The molecule has 1 atom stereocenters. The summed E-state index contributed by atoms with van der Waals surface area (Å²) < 4.78 is 17.2. The number of anilines is 3. The van der Waals surface area contributed by atoms with Crippen LogP contribution in [0.3, 0.4) is 0 Å². The molecule has 1 aromatic heterocycles. The molecule has 3 fully saturated rings. The van der Waals surface area contributed by atoms with Gasteiger partial charge >= 0.3 is 0 Å². The average Bonchev–Trinajstić information content (AvgIpc) is 3.59. The van der Waals surface area contributed by atoms with E-state index in [0.29, 0.717) is 24.4 Å². The van der Waals surface area contributed by atoms with Crippen LogP contribution in [-0.2, 0) is 4.74 Å².